The van der Waals surface area contributed by atoms with Crippen molar-refractivity contribution >= 4 is 97.3 Å². The Kier molecular flexibility index (Phi) is 26.1. The van der Waals surface area contributed by atoms with Crippen molar-refractivity contribution in [3.05, 3.63) is 182 Å². The van der Waals surface area contributed by atoms with Gasteiger partial charge in [-0.05, 0) is 47.7 Å². The second-order valence-corrected chi connectivity index (χ2v) is 13.1. The molecule has 0 heterocycles. The van der Waals surface area contributed by atoms with Crippen LogP contribution in [0.3, 0.4) is 0 Å². The summed E-state index contributed by atoms with van der Waals surface area (Å²) in [6, 6.07) is 64.7. The first-order valence-electron chi connectivity index (χ1n) is 12.8. The molecule has 8 heteroatoms. The van der Waals surface area contributed by atoms with Gasteiger partial charge in [-0.2, -0.15) is 0 Å². The zero-order valence-electron chi connectivity index (χ0n) is 24.3. The molecule has 0 aliphatic heterocycles. The number of hydrogen-bond donors (Lipinski definition) is 0. The van der Waals surface area contributed by atoms with Crippen LogP contribution in [0.25, 0.3) is 0 Å². The molecule has 0 saturated carbocycles. The van der Waals surface area contributed by atoms with E-state index >= 15 is 0 Å². The van der Waals surface area contributed by atoms with E-state index in [9.17, 15) is 0 Å². The van der Waals surface area contributed by atoms with Crippen LogP contribution in [-0.2, 0) is 55.3 Å². The van der Waals surface area contributed by atoms with Gasteiger partial charge in [-0.1, -0.05) is 182 Å². The van der Waals surface area contributed by atoms with Gasteiger partial charge in [0.25, 0.3) is 0 Å². The quantitative estimate of drug-likeness (QED) is 0.116. The van der Waals surface area contributed by atoms with Crippen LogP contribution in [0.1, 0.15) is 0 Å². The van der Waals surface area contributed by atoms with Crippen LogP contribution in [0.5, 0.6) is 0 Å². The third-order valence-corrected chi connectivity index (χ3v) is 11.0. The van der Waals surface area contributed by atoms with Gasteiger partial charge in [-0.15, -0.1) is 49.6 Å². The van der Waals surface area contributed by atoms with Gasteiger partial charge >= 0.3 is 0 Å². The minimum atomic E-state index is -0.446. The third-order valence-electron chi connectivity index (χ3n) is 6.09. The second-order valence-electron chi connectivity index (χ2n) is 8.68. The molecule has 0 unspecified atom stereocenters. The largest absolute Gasteiger partial charge is 0.147 e. The summed E-state index contributed by atoms with van der Waals surface area (Å²) in [6.07, 6.45) is 0. The fourth-order valence-corrected chi connectivity index (χ4v) is 8.97. The van der Waals surface area contributed by atoms with Gasteiger partial charge < -0.3 is 0 Å². The van der Waals surface area contributed by atoms with Crippen molar-refractivity contribution in [3.63, 3.8) is 0 Å². The van der Waals surface area contributed by atoms with E-state index < -0.39 is 15.8 Å². The summed E-state index contributed by atoms with van der Waals surface area (Å²) < 4.78 is 0. The molecule has 0 saturated heterocycles. The van der Waals surface area contributed by atoms with E-state index in [1.54, 1.807) is 0 Å². The fraction of sp³-hybridized carbons (Fsp3) is 0. The van der Waals surface area contributed by atoms with E-state index in [0.717, 1.165) is 0 Å². The van der Waals surface area contributed by atoms with Gasteiger partial charge in [0.15, 0.2) is 0 Å². The minimum Gasteiger partial charge on any atom is -0.147 e. The average molecular weight is 1070 g/mol. The number of rotatable bonds is 6. The van der Waals surface area contributed by atoms with Gasteiger partial charge in [0.2, 0.25) is 0 Å². The van der Waals surface area contributed by atoms with E-state index in [4.69, 9.17) is 0 Å². The van der Waals surface area contributed by atoms with Crippen LogP contribution in [0.2, 0.25) is 0 Å². The monoisotopic (exact) mass is 1070 g/mol. The van der Waals surface area contributed by atoms with E-state index in [1.807, 2.05) is 0 Å². The Morgan fingerprint density at radius 3 is 0.432 bits per heavy atom. The molecule has 44 heavy (non-hydrogen) atoms. The molecule has 6 rings (SSSR count). The Bertz CT molecular complexity index is 1200. The maximum atomic E-state index is 2.23. The van der Waals surface area contributed by atoms with Crippen molar-refractivity contribution in [1.82, 2.24) is 0 Å². The minimum absolute atomic E-state index is 0. The van der Waals surface area contributed by atoms with Crippen LogP contribution in [-0.4, -0.2) is 0 Å². The topological polar surface area (TPSA) is 0 Å². The summed E-state index contributed by atoms with van der Waals surface area (Å²) in [4.78, 5) is 0. The molecule has 0 aromatic heterocycles. The standard InChI is InChI=1S/2C18H15P.4ClH.2Hg/c2*1-4-10-16(11-5-1)19(17-12-6-2-7-13-17)18-14-8-3-9-15-18;;;;;;/h2*1-15H;4*1H;;. The number of halogens is 4. The zero-order chi connectivity index (χ0) is 25.8. The van der Waals surface area contributed by atoms with Gasteiger partial charge in [0, 0.05) is 55.3 Å². The molecule has 0 amide bonds. The average Bonchev–Trinajstić information content (AvgIpc) is 3.01. The fourth-order valence-electron chi connectivity index (χ4n) is 4.36. The van der Waals surface area contributed by atoms with E-state index in [1.165, 1.54) is 31.8 Å². The molecule has 0 aliphatic carbocycles. The van der Waals surface area contributed by atoms with Crippen molar-refractivity contribution in [2.75, 3.05) is 0 Å². The maximum Gasteiger partial charge on any atom is 0 e. The third kappa shape index (κ3) is 13.1. The van der Waals surface area contributed by atoms with E-state index in [0.29, 0.717) is 0 Å². The van der Waals surface area contributed by atoms with Gasteiger partial charge in [-0.3, -0.25) is 0 Å². The van der Waals surface area contributed by atoms with Crippen molar-refractivity contribution in [1.29, 1.82) is 0 Å². The Balaban J connectivity index is 0. The Labute approximate surface area is 331 Å². The van der Waals surface area contributed by atoms with Crippen molar-refractivity contribution < 1.29 is 55.3 Å². The molecule has 0 aliphatic rings. The number of hydrogen-bond acceptors (Lipinski definition) is 0. The van der Waals surface area contributed by atoms with Crippen molar-refractivity contribution in [2.24, 2.45) is 0 Å². The summed E-state index contributed by atoms with van der Waals surface area (Å²) in [5.74, 6) is 0. The van der Waals surface area contributed by atoms with Crippen LogP contribution >= 0.6 is 65.5 Å². The maximum absolute atomic E-state index is 2.23. The molecule has 0 spiro atoms. The molecular weight excluding hydrogens is 1040 g/mol. The Hall–Kier alpha value is -0.790. The first kappa shape index (κ1) is 45.3. The summed E-state index contributed by atoms with van der Waals surface area (Å²) in [5.41, 5.74) is 0. The number of benzene rings is 6. The second kappa shape index (κ2) is 25.3. The smallest absolute Gasteiger partial charge is 0 e. The van der Waals surface area contributed by atoms with Crippen molar-refractivity contribution in [3.8, 4) is 0 Å². The summed E-state index contributed by atoms with van der Waals surface area (Å²) in [7, 11) is -0.892. The molecule has 6 aromatic rings. The van der Waals surface area contributed by atoms with Gasteiger partial charge in [0.1, 0.15) is 0 Å². The van der Waals surface area contributed by atoms with Crippen molar-refractivity contribution in [2.45, 2.75) is 0 Å². The van der Waals surface area contributed by atoms with Crippen LogP contribution < -0.4 is 31.8 Å². The summed E-state index contributed by atoms with van der Waals surface area (Å²) >= 11 is 0. The van der Waals surface area contributed by atoms with E-state index in [-0.39, 0.29) is 105 Å². The van der Waals surface area contributed by atoms with E-state index in [2.05, 4.69) is 182 Å². The van der Waals surface area contributed by atoms with Gasteiger partial charge in [0.05, 0.1) is 0 Å². The van der Waals surface area contributed by atoms with Crippen LogP contribution in [0.4, 0.5) is 0 Å². The predicted octanol–water partition coefficient (Wildman–Crippen LogP) is 8.57. The molecular formula is C36H34Cl4Hg2P2. The molecule has 0 radical (unpaired) electrons. The summed E-state index contributed by atoms with van der Waals surface area (Å²) in [6.45, 7) is 0. The first-order chi connectivity index (χ1) is 18.9. The Morgan fingerprint density at radius 1 is 0.205 bits per heavy atom. The molecule has 0 fully saturated rings. The Morgan fingerprint density at radius 2 is 0.318 bits per heavy atom. The molecule has 0 bridgehead atoms. The zero-order valence-corrected chi connectivity index (χ0v) is 40.3. The molecule has 6 aromatic carbocycles. The van der Waals surface area contributed by atoms with Gasteiger partial charge in [-0.25, -0.2) is 0 Å². The predicted molar refractivity (Wildman–Crippen MR) is 199 cm³/mol. The normalized spacial score (nSPS) is 9.14. The molecule has 0 nitrogen and oxygen atoms in total. The van der Waals surface area contributed by atoms with Crippen LogP contribution in [0.15, 0.2) is 182 Å². The molecule has 220 valence electrons. The van der Waals surface area contributed by atoms with Crippen LogP contribution in [0, 0.1) is 0 Å². The first-order valence-corrected chi connectivity index (χ1v) is 15.5. The molecule has 0 atom stereocenters. The SMILES string of the molecule is Cl.Cl.Cl.Cl.[Hg].[Hg].c1ccc(P(c2ccccc2)c2ccccc2)cc1.c1ccc(P(c2ccccc2)c2ccccc2)cc1. The summed E-state index contributed by atoms with van der Waals surface area (Å²) in [5, 5.41) is 8.39. The molecule has 0 N–H and O–H groups in total.